The summed E-state index contributed by atoms with van der Waals surface area (Å²) >= 11 is 0. The Morgan fingerprint density at radius 3 is 2.69 bits per heavy atom. The second-order valence-electron chi connectivity index (χ2n) is 9.85. The van der Waals surface area contributed by atoms with Gasteiger partial charge in [-0.3, -0.25) is 4.79 Å². The molecule has 0 spiro atoms. The first-order chi connectivity index (χ1) is 17.1. The van der Waals surface area contributed by atoms with E-state index >= 15 is 4.39 Å². The van der Waals surface area contributed by atoms with Crippen LogP contribution in [-0.2, 0) is 24.1 Å². The van der Waals surface area contributed by atoms with Gasteiger partial charge in [-0.05, 0) is 51.0 Å². The van der Waals surface area contributed by atoms with Gasteiger partial charge in [-0.2, -0.15) is 13.2 Å². The summed E-state index contributed by atoms with van der Waals surface area (Å²) in [6, 6.07) is 4.93. The molecule has 3 heterocycles. The molecular formula is C25H32F4N4O3. The predicted molar refractivity (Wildman–Crippen MR) is 123 cm³/mol. The summed E-state index contributed by atoms with van der Waals surface area (Å²) in [6.45, 7) is 2.44. The van der Waals surface area contributed by atoms with Gasteiger partial charge < -0.3 is 19.5 Å². The number of nitrogens with zero attached hydrogens (tertiary/aromatic N) is 3. The molecule has 1 aliphatic heterocycles. The number of rotatable bonds is 8. The smallest absolute Gasteiger partial charge is 0.422 e. The highest BCUT2D eigenvalue weighted by atomic mass is 19.4. The fraction of sp³-hybridized carbons (Fsp3) is 0.640. The van der Waals surface area contributed by atoms with Crippen LogP contribution >= 0.6 is 0 Å². The molecule has 1 fully saturated rings. The average Bonchev–Trinajstić information content (AvgIpc) is 3.11. The van der Waals surface area contributed by atoms with Gasteiger partial charge in [0.25, 0.3) is 0 Å². The number of carbonyl (C=O) groups excluding carboxylic acids is 1. The predicted octanol–water partition coefficient (Wildman–Crippen LogP) is 4.12. The first-order valence-electron chi connectivity index (χ1n) is 12.4. The summed E-state index contributed by atoms with van der Waals surface area (Å²) in [5.41, 5.74) is 1.19. The zero-order valence-corrected chi connectivity index (χ0v) is 20.4. The summed E-state index contributed by atoms with van der Waals surface area (Å²) in [5.74, 6) is 0.342. The van der Waals surface area contributed by atoms with Crippen LogP contribution in [0, 0.1) is 6.92 Å². The number of carbonyl (C=O) groups is 1. The van der Waals surface area contributed by atoms with Crippen molar-refractivity contribution in [3.63, 3.8) is 0 Å². The molecule has 2 aromatic heterocycles. The number of aromatic nitrogens is 2. The number of nitrogens with one attached hydrogen (secondary N) is 1. The Balaban J connectivity index is 1.19. The van der Waals surface area contributed by atoms with Crippen LogP contribution in [0.3, 0.4) is 0 Å². The number of alkyl halides is 4. The van der Waals surface area contributed by atoms with Crippen LogP contribution in [0.25, 0.3) is 0 Å². The molecule has 1 saturated carbocycles. The molecule has 0 bridgehead atoms. The van der Waals surface area contributed by atoms with Crippen LogP contribution in [0.2, 0.25) is 0 Å². The van der Waals surface area contributed by atoms with Crippen molar-refractivity contribution in [1.82, 2.24) is 20.4 Å². The molecule has 11 heteroatoms. The second kappa shape index (κ2) is 11.1. The molecule has 2 aromatic rings. The monoisotopic (exact) mass is 512 g/mol. The number of fused-ring (bicyclic) bond motifs is 1. The highest BCUT2D eigenvalue weighted by molar-refractivity contribution is 5.78. The Bertz CT molecular complexity index is 1030. The molecule has 0 radical (unpaired) electrons. The molecule has 2 aliphatic rings. The molecule has 1 amide bonds. The Hall–Kier alpha value is -2.69. The molecular weight excluding hydrogens is 480 g/mol. The van der Waals surface area contributed by atoms with Gasteiger partial charge in [-0.25, -0.2) is 9.37 Å². The van der Waals surface area contributed by atoms with E-state index in [4.69, 9.17) is 9.26 Å². The highest BCUT2D eigenvalue weighted by Crippen LogP contribution is 2.35. The molecule has 36 heavy (non-hydrogen) atoms. The molecule has 0 aromatic carbocycles. The quantitative estimate of drug-likeness (QED) is 0.536. The number of aryl methyl sites for hydroxylation is 1. The minimum absolute atomic E-state index is 0.0259. The number of hydrogen-bond acceptors (Lipinski definition) is 6. The zero-order chi connectivity index (χ0) is 25.8. The first kappa shape index (κ1) is 26.4. The number of halogens is 4. The van der Waals surface area contributed by atoms with Crippen molar-refractivity contribution in [3.8, 4) is 5.88 Å². The van der Waals surface area contributed by atoms with Gasteiger partial charge in [0.2, 0.25) is 11.8 Å². The summed E-state index contributed by atoms with van der Waals surface area (Å²) in [7, 11) is 0. The van der Waals surface area contributed by atoms with Gasteiger partial charge in [0.05, 0.1) is 12.1 Å². The van der Waals surface area contributed by atoms with Crippen molar-refractivity contribution in [2.75, 3.05) is 26.2 Å². The van der Waals surface area contributed by atoms with E-state index in [2.05, 4.69) is 20.4 Å². The lowest BCUT2D eigenvalue weighted by atomic mass is 9.81. The number of ether oxygens (including phenoxy) is 1. The van der Waals surface area contributed by atoms with Crippen LogP contribution in [0.5, 0.6) is 5.88 Å². The Kier molecular flexibility index (Phi) is 8.17. The third-order valence-corrected chi connectivity index (χ3v) is 6.92. The highest BCUT2D eigenvalue weighted by Gasteiger charge is 2.36. The summed E-state index contributed by atoms with van der Waals surface area (Å²) in [5, 5.41) is 6.75. The van der Waals surface area contributed by atoms with E-state index in [0.29, 0.717) is 63.8 Å². The average molecular weight is 513 g/mol. The third-order valence-electron chi connectivity index (χ3n) is 6.92. The van der Waals surface area contributed by atoms with Crippen LogP contribution < -0.4 is 10.1 Å². The topological polar surface area (TPSA) is 80.5 Å². The second-order valence-corrected chi connectivity index (χ2v) is 9.85. The number of pyridine rings is 1. The van der Waals surface area contributed by atoms with E-state index in [1.54, 1.807) is 19.1 Å². The fourth-order valence-electron chi connectivity index (χ4n) is 4.89. The van der Waals surface area contributed by atoms with E-state index in [1.165, 1.54) is 6.07 Å². The maximum atomic E-state index is 15.5. The van der Waals surface area contributed by atoms with Crippen molar-refractivity contribution in [1.29, 1.82) is 0 Å². The van der Waals surface area contributed by atoms with E-state index in [9.17, 15) is 18.0 Å². The lowest BCUT2D eigenvalue weighted by Gasteiger charge is -2.35. The molecule has 198 valence electrons. The first-order valence-corrected chi connectivity index (χ1v) is 12.4. The Morgan fingerprint density at radius 2 is 2.00 bits per heavy atom. The van der Waals surface area contributed by atoms with Crippen molar-refractivity contribution >= 4 is 5.91 Å². The summed E-state index contributed by atoms with van der Waals surface area (Å²) < 4.78 is 62.6. The Morgan fingerprint density at radius 1 is 1.25 bits per heavy atom. The number of amides is 1. The van der Waals surface area contributed by atoms with E-state index in [1.807, 2.05) is 0 Å². The van der Waals surface area contributed by atoms with E-state index in [-0.39, 0.29) is 24.2 Å². The Labute approximate surface area is 207 Å². The van der Waals surface area contributed by atoms with Crippen molar-refractivity contribution in [2.24, 2.45) is 0 Å². The summed E-state index contributed by atoms with van der Waals surface area (Å²) in [4.78, 5) is 18.7. The summed E-state index contributed by atoms with van der Waals surface area (Å²) in [6.07, 6.45) is -0.605. The van der Waals surface area contributed by atoms with Crippen molar-refractivity contribution in [2.45, 2.75) is 76.2 Å². The van der Waals surface area contributed by atoms with E-state index < -0.39 is 18.5 Å². The minimum Gasteiger partial charge on any atom is -0.468 e. The molecule has 7 nitrogen and oxygen atoms in total. The molecule has 0 unspecified atom stereocenters. The zero-order valence-electron chi connectivity index (χ0n) is 20.4. The molecule has 4 rings (SSSR count). The van der Waals surface area contributed by atoms with Gasteiger partial charge in [0, 0.05) is 49.9 Å². The van der Waals surface area contributed by atoms with Gasteiger partial charge in [-0.1, -0.05) is 11.2 Å². The van der Waals surface area contributed by atoms with Crippen LogP contribution in [0.15, 0.2) is 22.7 Å². The normalized spacial score (nSPS) is 23.1. The van der Waals surface area contributed by atoms with Gasteiger partial charge in [0.15, 0.2) is 6.61 Å². The van der Waals surface area contributed by atoms with Gasteiger partial charge >= 0.3 is 6.18 Å². The van der Waals surface area contributed by atoms with Crippen LogP contribution in [0.4, 0.5) is 17.6 Å². The molecule has 1 N–H and O–H groups in total. The van der Waals surface area contributed by atoms with E-state index in [0.717, 1.165) is 23.5 Å². The maximum absolute atomic E-state index is 15.5. The maximum Gasteiger partial charge on any atom is 0.422 e. The van der Waals surface area contributed by atoms with Crippen LogP contribution in [0.1, 0.15) is 54.8 Å². The fourth-order valence-corrected chi connectivity index (χ4v) is 4.89. The van der Waals surface area contributed by atoms with Gasteiger partial charge in [0.1, 0.15) is 11.4 Å². The van der Waals surface area contributed by atoms with Crippen LogP contribution in [-0.4, -0.2) is 65.1 Å². The number of hydrogen-bond donors (Lipinski definition) is 1. The third kappa shape index (κ3) is 7.65. The molecule has 1 aliphatic carbocycles. The SMILES string of the molecule is Cc1cc(CC(=O)NC2CCC(F)(CCN3CCc4ccc(OCC(F)(F)F)nc4CC3)CC2)on1. The largest absolute Gasteiger partial charge is 0.468 e. The van der Waals surface area contributed by atoms with Crippen molar-refractivity contribution < 1.29 is 31.6 Å². The van der Waals surface area contributed by atoms with Gasteiger partial charge in [-0.15, -0.1) is 0 Å². The lowest BCUT2D eigenvalue weighted by Crippen LogP contribution is -2.43. The molecule has 0 saturated heterocycles. The standard InChI is InChI=1S/C25H32F4N4O3/c1-17-14-20(36-32-17)15-22(34)30-19-4-8-24(26,9-5-19)10-13-33-11-6-18-2-3-23(31-21(18)7-12-33)35-16-25(27,28)29/h2-3,14,19H,4-13,15-16H2,1H3,(H,30,34). The van der Waals surface area contributed by atoms with Crippen molar-refractivity contribution in [3.05, 3.63) is 40.9 Å². The lowest BCUT2D eigenvalue weighted by molar-refractivity contribution is -0.154. The molecule has 0 atom stereocenters. The minimum atomic E-state index is -4.41.